The number of phenols is 1. The van der Waals surface area contributed by atoms with Crippen molar-refractivity contribution in [2.24, 2.45) is 4.99 Å². The van der Waals surface area contributed by atoms with Gasteiger partial charge < -0.3 is 5.11 Å². The number of aromatic hydroxyl groups is 1. The summed E-state index contributed by atoms with van der Waals surface area (Å²) in [5.41, 5.74) is 4.58. The minimum Gasteiger partial charge on any atom is -0.507 e. The van der Waals surface area contributed by atoms with E-state index in [0.29, 0.717) is 14.3 Å². The van der Waals surface area contributed by atoms with Crippen LogP contribution in [0.4, 0.5) is 0 Å². The molecule has 140 valence electrons. The number of aryl methyl sites for hydroxylation is 1. The van der Waals surface area contributed by atoms with Crippen molar-refractivity contribution in [3.8, 4) is 5.75 Å². The van der Waals surface area contributed by atoms with Crippen LogP contribution in [0.2, 0.25) is 0 Å². The zero-order valence-electron chi connectivity index (χ0n) is 17.4. The third-order valence-corrected chi connectivity index (χ3v) is 6.20. The van der Waals surface area contributed by atoms with Crippen LogP contribution in [0.25, 0.3) is 0 Å². The predicted molar refractivity (Wildman–Crippen MR) is 118 cm³/mol. The quantitative estimate of drug-likeness (QED) is 0.601. The van der Waals surface area contributed by atoms with Crippen LogP contribution in [0.3, 0.4) is 0 Å². The van der Waals surface area contributed by atoms with E-state index in [9.17, 15) is 5.11 Å². The van der Waals surface area contributed by atoms with Gasteiger partial charge in [0.2, 0.25) is 0 Å². The van der Waals surface area contributed by atoms with Crippen LogP contribution < -0.4 is 10.6 Å². The second-order valence-corrected chi connectivity index (χ2v) is 10.3. The maximum Gasteiger partial charge on any atom is 0.127 e. The Bertz CT molecular complexity index is 823. The molecule has 3 heteroatoms. The molecule has 1 atom stereocenters. The Morgan fingerprint density at radius 1 is 1.00 bits per heavy atom. The zero-order valence-corrected chi connectivity index (χ0v) is 18.4. The Morgan fingerprint density at radius 3 is 2.19 bits per heavy atom. The number of benzene rings is 2. The van der Waals surface area contributed by atoms with Gasteiger partial charge in [0.1, 0.15) is 5.75 Å². The maximum absolute atomic E-state index is 11.1. The predicted octanol–water partition coefficient (Wildman–Crippen LogP) is 4.97. The van der Waals surface area contributed by atoms with Gasteiger partial charge in [0, 0.05) is 29.7 Å². The first-order valence-corrected chi connectivity index (χ1v) is 10.1. The third kappa shape index (κ3) is 4.54. The fraction of sp³-hybridized carbons (Fsp3) is 0.435. The van der Waals surface area contributed by atoms with Gasteiger partial charge in [0.15, 0.2) is 0 Å². The van der Waals surface area contributed by atoms with Crippen molar-refractivity contribution in [2.75, 3.05) is 7.05 Å². The number of phenolic OH excluding ortho intramolecular Hbond substituents is 1. The molecule has 0 heterocycles. The summed E-state index contributed by atoms with van der Waals surface area (Å²) in [5, 5.41) is 13.3. The van der Waals surface area contributed by atoms with E-state index >= 15 is 0 Å². The highest BCUT2D eigenvalue weighted by Crippen LogP contribution is 2.36. The van der Waals surface area contributed by atoms with Crippen LogP contribution in [-0.4, -0.2) is 18.4 Å². The van der Waals surface area contributed by atoms with Crippen LogP contribution in [0.1, 0.15) is 63.8 Å². The number of hydrogen-bond donors (Lipinski definition) is 1. The highest BCUT2D eigenvalue weighted by molar-refractivity contribution is 7.56. The van der Waals surface area contributed by atoms with Gasteiger partial charge in [-0.3, -0.25) is 4.99 Å². The van der Waals surface area contributed by atoms with Gasteiger partial charge in [-0.15, -0.1) is 0 Å². The fourth-order valence-corrected chi connectivity index (χ4v) is 4.30. The van der Waals surface area contributed by atoms with Crippen molar-refractivity contribution in [3.05, 3.63) is 52.6 Å². The molecule has 0 fully saturated rings. The summed E-state index contributed by atoms with van der Waals surface area (Å²) in [6, 6.07) is 10.6. The molecule has 2 aromatic rings. The summed E-state index contributed by atoms with van der Waals surface area (Å²) in [6.07, 6.45) is 1.91. The van der Waals surface area contributed by atoms with Gasteiger partial charge in [-0.2, -0.15) is 0 Å². The van der Waals surface area contributed by atoms with Crippen molar-refractivity contribution in [1.29, 1.82) is 0 Å². The van der Waals surface area contributed by atoms with Gasteiger partial charge in [-0.25, -0.2) is 0 Å². The number of aliphatic imine (C=N–C) groups is 1. The third-order valence-electron chi connectivity index (χ3n) is 4.62. The van der Waals surface area contributed by atoms with E-state index < -0.39 is 0 Å². The Hall–Kier alpha value is -1.66. The molecule has 1 N–H and O–H groups in total. The van der Waals surface area contributed by atoms with E-state index in [2.05, 4.69) is 83.8 Å². The molecule has 0 radical (unpaired) electrons. The van der Waals surface area contributed by atoms with E-state index in [4.69, 9.17) is 0 Å². The lowest BCUT2D eigenvalue weighted by molar-refractivity contribution is 0.449. The molecule has 0 aliphatic carbocycles. The van der Waals surface area contributed by atoms with Crippen LogP contribution in [0, 0.1) is 6.92 Å². The summed E-state index contributed by atoms with van der Waals surface area (Å²) in [7, 11) is 2.19. The average Bonchev–Trinajstić information content (AvgIpc) is 2.50. The molecule has 0 aliphatic rings. The monoisotopic (exact) mass is 369 g/mol. The highest BCUT2D eigenvalue weighted by atomic mass is 31.1. The Labute approximate surface area is 160 Å². The Morgan fingerprint density at radius 2 is 1.65 bits per heavy atom. The zero-order chi connectivity index (χ0) is 19.7. The molecule has 0 spiro atoms. The van der Waals surface area contributed by atoms with Crippen LogP contribution in [0.5, 0.6) is 5.75 Å². The topological polar surface area (TPSA) is 32.6 Å². The summed E-state index contributed by atoms with van der Waals surface area (Å²) >= 11 is 0. The van der Waals surface area contributed by atoms with Crippen molar-refractivity contribution in [2.45, 2.75) is 59.3 Å². The SMILES string of the molecule is CN=Cc1cccc(C)c1Pc1cc(C(C)(C)C)cc(C(C)(C)C)c1O. The van der Waals surface area contributed by atoms with Crippen molar-refractivity contribution in [3.63, 3.8) is 0 Å². The van der Waals surface area contributed by atoms with Crippen LogP contribution >= 0.6 is 8.58 Å². The van der Waals surface area contributed by atoms with Crippen molar-refractivity contribution >= 4 is 25.4 Å². The van der Waals surface area contributed by atoms with E-state index in [1.54, 1.807) is 7.05 Å². The van der Waals surface area contributed by atoms with Gasteiger partial charge in [-0.05, 0) is 40.3 Å². The molecule has 2 rings (SSSR count). The van der Waals surface area contributed by atoms with E-state index in [1.165, 1.54) is 16.4 Å². The molecule has 0 bridgehead atoms. The normalized spacial score (nSPS) is 13.2. The minimum atomic E-state index is -0.107. The molecule has 26 heavy (non-hydrogen) atoms. The summed E-state index contributed by atoms with van der Waals surface area (Å²) in [5.74, 6) is 0.437. The van der Waals surface area contributed by atoms with Gasteiger partial charge in [0.05, 0.1) is 0 Å². The van der Waals surface area contributed by atoms with Gasteiger partial charge in [0.25, 0.3) is 0 Å². The minimum absolute atomic E-state index is 0.0341. The standard InChI is InChI=1S/C23H32NOP/c1-15-10-9-11-16(14-24-8)21(15)26-19-13-17(22(2,3)4)12-18(20(19)25)23(5,6)7/h9-14,25-26H,1-8H3. The molecule has 0 aromatic heterocycles. The average molecular weight is 369 g/mol. The maximum atomic E-state index is 11.1. The van der Waals surface area contributed by atoms with E-state index in [0.717, 1.165) is 16.4 Å². The first-order chi connectivity index (χ1) is 11.9. The van der Waals surface area contributed by atoms with Gasteiger partial charge >= 0.3 is 0 Å². The highest BCUT2D eigenvalue weighted by Gasteiger charge is 2.25. The first kappa shape index (κ1) is 20.6. The molecule has 0 amide bonds. The largest absolute Gasteiger partial charge is 0.507 e. The molecular weight excluding hydrogens is 337 g/mol. The van der Waals surface area contributed by atoms with Crippen LogP contribution in [0.15, 0.2) is 35.3 Å². The molecule has 2 aromatic carbocycles. The molecule has 1 unspecified atom stereocenters. The second kappa shape index (κ2) is 7.53. The lowest BCUT2D eigenvalue weighted by Gasteiger charge is -2.28. The fourth-order valence-electron chi connectivity index (χ4n) is 2.98. The molecule has 0 aliphatic heterocycles. The second-order valence-electron chi connectivity index (χ2n) is 8.97. The molecule has 0 saturated heterocycles. The first-order valence-electron chi connectivity index (χ1n) is 9.12. The van der Waals surface area contributed by atoms with Crippen molar-refractivity contribution in [1.82, 2.24) is 0 Å². The molecular formula is C23H32NOP. The Kier molecular flexibility index (Phi) is 5.98. The molecule has 0 saturated carbocycles. The van der Waals surface area contributed by atoms with E-state index in [1.807, 2.05) is 6.21 Å². The smallest absolute Gasteiger partial charge is 0.127 e. The van der Waals surface area contributed by atoms with Crippen LogP contribution in [-0.2, 0) is 10.8 Å². The lowest BCUT2D eigenvalue weighted by atomic mass is 9.80. The van der Waals surface area contributed by atoms with Crippen molar-refractivity contribution < 1.29 is 5.11 Å². The number of nitrogens with zero attached hydrogens (tertiary/aromatic N) is 1. The summed E-state index contributed by atoms with van der Waals surface area (Å²) in [4.78, 5) is 4.20. The summed E-state index contributed by atoms with van der Waals surface area (Å²) in [6.45, 7) is 15.3. The molecule has 2 nitrogen and oxygen atoms in total. The summed E-state index contributed by atoms with van der Waals surface area (Å²) < 4.78 is 0. The number of rotatable bonds is 3. The van der Waals surface area contributed by atoms with E-state index in [-0.39, 0.29) is 10.8 Å². The van der Waals surface area contributed by atoms with Gasteiger partial charge in [-0.1, -0.05) is 74.4 Å². The lowest BCUT2D eigenvalue weighted by Crippen LogP contribution is -2.21. The number of hydrogen-bond acceptors (Lipinski definition) is 2. The Balaban J connectivity index is 2.68.